The number of halogens is 1. The van der Waals surface area contributed by atoms with Crippen molar-refractivity contribution in [1.29, 1.82) is 0 Å². The molecule has 0 saturated carbocycles. The smallest absolute Gasteiger partial charge is 0.255 e. The molecule has 2 heterocycles. The van der Waals surface area contributed by atoms with E-state index in [1.807, 2.05) is 24.3 Å². The highest BCUT2D eigenvalue weighted by molar-refractivity contribution is 5.91. The highest BCUT2D eigenvalue weighted by Gasteiger charge is 2.35. The van der Waals surface area contributed by atoms with Crippen molar-refractivity contribution in [2.24, 2.45) is 5.92 Å². The van der Waals surface area contributed by atoms with Gasteiger partial charge < -0.3 is 30.1 Å². The van der Waals surface area contributed by atoms with Crippen LogP contribution in [0.1, 0.15) is 24.0 Å². The first kappa shape index (κ1) is 24.0. The van der Waals surface area contributed by atoms with Gasteiger partial charge in [-0.15, -0.1) is 0 Å². The highest BCUT2D eigenvalue weighted by atomic mass is 19.1. The molecule has 8 nitrogen and oxygen atoms in total. The first-order valence-electron chi connectivity index (χ1n) is 11.4. The molecule has 2 aliphatic heterocycles. The molecule has 2 amide bonds. The number of nitrogens with one attached hydrogen (secondary N) is 1. The first-order chi connectivity index (χ1) is 16.4. The van der Waals surface area contributed by atoms with Gasteiger partial charge in [0.2, 0.25) is 0 Å². The number of piperidine rings is 1. The van der Waals surface area contributed by atoms with Gasteiger partial charge in [0.05, 0.1) is 12.8 Å². The average Bonchev–Trinajstić information content (AvgIpc) is 3.30. The van der Waals surface area contributed by atoms with Crippen molar-refractivity contribution in [1.82, 2.24) is 10.2 Å². The molecular weight excluding hydrogens is 441 g/mol. The van der Waals surface area contributed by atoms with E-state index in [0.717, 1.165) is 29.7 Å². The van der Waals surface area contributed by atoms with Gasteiger partial charge in [-0.1, -0.05) is 24.3 Å². The Balaban J connectivity index is 1.24. The number of carbonyl (C=O) groups is 2. The second-order valence-electron chi connectivity index (χ2n) is 8.84. The predicted molar refractivity (Wildman–Crippen MR) is 124 cm³/mol. The van der Waals surface area contributed by atoms with Crippen LogP contribution >= 0.6 is 0 Å². The molecule has 0 aliphatic carbocycles. The molecular formula is C25H30FN3O5. The first-order valence-corrected chi connectivity index (χ1v) is 11.4. The van der Waals surface area contributed by atoms with Crippen LogP contribution in [0.15, 0.2) is 42.5 Å². The lowest BCUT2D eigenvalue weighted by Gasteiger charge is -2.34. The van der Waals surface area contributed by atoms with Gasteiger partial charge in [-0.05, 0) is 42.0 Å². The lowest BCUT2D eigenvalue weighted by Crippen LogP contribution is -2.50. The van der Waals surface area contributed by atoms with Crippen LogP contribution in [-0.2, 0) is 22.7 Å². The van der Waals surface area contributed by atoms with Crippen LogP contribution < -0.4 is 15.0 Å². The van der Waals surface area contributed by atoms with Gasteiger partial charge in [0, 0.05) is 38.8 Å². The van der Waals surface area contributed by atoms with E-state index in [1.165, 1.54) is 24.1 Å². The number of benzene rings is 2. The molecule has 2 aliphatic rings. The monoisotopic (exact) mass is 471 g/mol. The summed E-state index contributed by atoms with van der Waals surface area (Å²) in [6.45, 7) is 2.44. The lowest BCUT2D eigenvalue weighted by molar-refractivity contribution is -0.153. The van der Waals surface area contributed by atoms with Crippen molar-refractivity contribution in [2.75, 3.05) is 31.6 Å². The van der Waals surface area contributed by atoms with Crippen LogP contribution in [0.3, 0.4) is 0 Å². The topological polar surface area (TPSA) is 102 Å². The van der Waals surface area contributed by atoms with Gasteiger partial charge in [-0.3, -0.25) is 9.59 Å². The lowest BCUT2D eigenvalue weighted by atomic mass is 9.96. The standard InChI is InChI=1S/C25H30FN3O5/c1-34-21-12-19(26)6-7-20(21)28-10-8-16(9-11-28)13-27-24(32)22(30)23(31)25(33)29-14-17-4-2-3-5-18(17)15-29/h2-7,12,16,22-23,30-31H,8-11,13-15H2,1H3,(H,27,32)/t22-,23-/m1/s1. The van der Waals surface area contributed by atoms with E-state index in [2.05, 4.69) is 10.2 Å². The fraction of sp³-hybridized carbons (Fsp3) is 0.440. The Morgan fingerprint density at radius 3 is 2.35 bits per heavy atom. The Labute approximate surface area is 197 Å². The van der Waals surface area contributed by atoms with E-state index in [-0.39, 0.29) is 11.7 Å². The Morgan fingerprint density at radius 2 is 1.74 bits per heavy atom. The Hall–Kier alpha value is -3.17. The van der Waals surface area contributed by atoms with Gasteiger partial charge in [0.15, 0.2) is 12.2 Å². The van der Waals surface area contributed by atoms with E-state index in [1.54, 1.807) is 6.07 Å². The maximum absolute atomic E-state index is 13.5. The van der Waals surface area contributed by atoms with Crippen LogP contribution in [0.2, 0.25) is 0 Å². The minimum absolute atomic E-state index is 0.180. The van der Waals surface area contributed by atoms with Crippen LogP contribution in [0.4, 0.5) is 10.1 Å². The molecule has 1 saturated heterocycles. The number of rotatable bonds is 7. The Bertz CT molecular complexity index is 1020. The molecule has 2 aromatic rings. The van der Waals surface area contributed by atoms with Crippen molar-refractivity contribution in [3.63, 3.8) is 0 Å². The predicted octanol–water partition coefficient (Wildman–Crippen LogP) is 1.43. The molecule has 0 bridgehead atoms. The summed E-state index contributed by atoms with van der Waals surface area (Å²) >= 11 is 0. The zero-order valence-corrected chi connectivity index (χ0v) is 19.1. The maximum atomic E-state index is 13.5. The van der Waals surface area contributed by atoms with Gasteiger partial charge in [-0.2, -0.15) is 0 Å². The second-order valence-corrected chi connectivity index (χ2v) is 8.84. The van der Waals surface area contributed by atoms with E-state index >= 15 is 0 Å². The summed E-state index contributed by atoms with van der Waals surface area (Å²) in [5.41, 5.74) is 2.81. The highest BCUT2D eigenvalue weighted by Crippen LogP contribution is 2.32. The van der Waals surface area contributed by atoms with Crippen LogP contribution in [-0.4, -0.2) is 65.9 Å². The molecule has 0 radical (unpaired) electrons. The molecule has 1 fully saturated rings. The minimum Gasteiger partial charge on any atom is -0.494 e. The van der Waals surface area contributed by atoms with Crippen molar-refractivity contribution in [2.45, 2.75) is 38.1 Å². The number of nitrogens with zero attached hydrogens (tertiary/aromatic N) is 2. The molecule has 3 N–H and O–H groups in total. The zero-order chi connectivity index (χ0) is 24.2. The summed E-state index contributed by atoms with van der Waals surface area (Å²) in [6.07, 6.45) is -2.09. The molecule has 4 rings (SSSR count). The largest absolute Gasteiger partial charge is 0.494 e. The number of ether oxygens (including phenoxy) is 1. The zero-order valence-electron chi connectivity index (χ0n) is 19.1. The number of methoxy groups -OCH3 is 1. The van der Waals surface area contributed by atoms with E-state index in [9.17, 15) is 24.2 Å². The molecule has 0 unspecified atom stereocenters. The molecule has 2 atom stereocenters. The minimum atomic E-state index is -1.83. The summed E-state index contributed by atoms with van der Waals surface area (Å²) in [7, 11) is 1.51. The van der Waals surface area contributed by atoms with Gasteiger partial charge in [0.1, 0.15) is 11.6 Å². The number of fused-ring (bicyclic) bond motifs is 1. The molecule has 2 aromatic carbocycles. The van der Waals surface area contributed by atoms with Crippen LogP contribution in [0.25, 0.3) is 0 Å². The number of hydrogen-bond donors (Lipinski definition) is 3. The number of hydrogen-bond acceptors (Lipinski definition) is 6. The molecule has 182 valence electrons. The molecule has 0 aromatic heterocycles. The third kappa shape index (κ3) is 5.15. The Morgan fingerprint density at radius 1 is 1.09 bits per heavy atom. The number of aliphatic hydroxyl groups excluding tert-OH is 2. The third-order valence-corrected chi connectivity index (χ3v) is 6.64. The maximum Gasteiger partial charge on any atom is 0.255 e. The summed E-state index contributed by atoms with van der Waals surface area (Å²) in [6, 6.07) is 12.0. The Kier molecular flexibility index (Phi) is 7.33. The summed E-state index contributed by atoms with van der Waals surface area (Å²) in [5.74, 6) is -1.12. The SMILES string of the molecule is COc1cc(F)ccc1N1CCC(CNC(=O)[C@H](O)[C@@H](O)C(=O)N2Cc3ccccc3C2)CC1. The second kappa shape index (κ2) is 10.4. The van der Waals surface area contributed by atoms with Crippen molar-refractivity contribution < 1.29 is 28.9 Å². The van der Waals surface area contributed by atoms with Crippen molar-refractivity contribution in [3.05, 3.63) is 59.4 Å². The van der Waals surface area contributed by atoms with Crippen LogP contribution in [0.5, 0.6) is 5.75 Å². The summed E-state index contributed by atoms with van der Waals surface area (Å²) in [5, 5.41) is 23.3. The third-order valence-electron chi connectivity index (χ3n) is 6.64. The normalized spacial score (nSPS) is 17.8. The van der Waals surface area contributed by atoms with Crippen LogP contribution in [0, 0.1) is 11.7 Å². The van der Waals surface area contributed by atoms with E-state index < -0.39 is 24.0 Å². The molecule has 34 heavy (non-hydrogen) atoms. The summed E-state index contributed by atoms with van der Waals surface area (Å²) in [4.78, 5) is 28.6. The quantitative estimate of drug-likeness (QED) is 0.565. The number of anilines is 1. The average molecular weight is 472 g/mol. The molecule has 0 spiro atoms. The number of amides is 2. The van der Waals surface area contributed by atoms with Gasteiger partial charge in [-0.25, -0.2) is 4.39 Å². The fourth-order valence-corrected chi connectivity index (χ4v) is 4.59. The molecule has 9 heteroatoms. The van der Waals surface area contributed by atoms with Gasteiger partial charge >= 0.3 is 0 Å². The fourth-order valence-electron chi connectivity index (χ4n) is 4.59. The van der Waals surface area contributed by atoms with Crippen molar-refractivity contribution in [3.8, 4) is 5.75 Å². The van der Waals surface area contributed by atoms with Crippen molar-refractivity contribution >= 4 is 17.5 Å². The number of aliphatic hydroxyl groups is 2. The van der Waals surface area contributed by atoms with E-state index in [0.29, 0.717) is 38.5 Å². The number of carbonyl (C=O) groups excluding carboxylic acids is 2. The summed E-state index contributed by atoms with van der Waals surface area (Å²) < 4.78 is 18.7. The van der Waals surface area contributed by atoms with Gasteiger partial charge in [0.25, 0.3) is 11.8 Å². The van der Waals surface area contributed by atoms with E-state index in [4.69, 9.17) is 4.74 Å².